The molecule has 0 aromatic rings. The first-order valence-electron chi connectivity index (χ1n) is 9.61. The highest BCUT2D eigenvalue weighted by Gasteiger charge is 2.33. The van der Waals surface area contributed by atoms with Crippen molar-refractivity contribution in [2.24, 2.45) is 17.3 Å². The highest BCUT2D eigenvalue weighted by Crippen LogP contribution is 2.34. The Morgan fingerprint density at radius 3 is 2.69 bits per heavy atom. The van der Waals surface area contributed by atoms with Crippen LogP contribution in [0.3, 0.4) is 0 Å². The lowest BCUT2D eigenvalue weighted by Gasteiger charge is -2.28. The van der Waals surface area contributed by atoms with Gasteiger partial charge >= 0.3 is 5.97 Å². The van der Waals surface area contributed by atoms with Crippen LogP contribution >= 0.6 is 0 Å². The lowest BCUT2D eigenvalue weighted by Crippen LogP contribution is -2.32. The summed E-state index contributed by atoms with van der Waals surface area (Å²) in [5.41, 5.74) is -0.364. The van der Waals surface area contributed by atoms with Gasteiger partial charge in [0.1, 0.15) is 5.78 Å². The van der Waals surface area contributed by atoms with Gasteiger partial charge in [-0.3, -0.25) is 9.59 Å². The van der Waals surface area contributed by atoms with Gasteiger partial charge in [-0.05, 0) is 38.5 Å². The molecule has 0 bridgehead atoms. The molecule has 26 heavy (non-hydrogen) atoms. The minimum atomic E-state index is -0.795. The molecule has 0 aliphatic heterocycles. The zero-order chi connectivity index (χ0) is 19.6. The Morgan fingerprint density at radius 1 is 1.35 bits per heavy atom. The molecule has 3 unspecified atom stereocenters. The van der Waals surface area contributed by atoms with Crippen LogP contribution < -0.4 is 0 Å². The summed E-state index contributed by atoms with van der Waals surface area (Å²) in [6.45, 7) is 6.99. The molecule has 0 aromatic heterocycles. The zero-order valence-corrected chi connectivity index (χ0v) is 16.3. The molecule has 148 valence electrons. The van der Waals surface area contributed by atoms with Gasteiger partial charge in [0.25, 0.3) is 0 Å². The number of hydrogen-bond donors (Lipinski definition) is 2. The predicted octanol–water partition coefficient (Wildman–Crippen LogP) is 3.76. The van der Waals surface area contributed by atoms with E-state index in [4.69, 9.17) is 9.84 Å². The number of ether oxygens (including phenoxy) is 1. The molecule has 0 saturated heterocycles. The Hall–Kier alpha value is -1.46. The number of carbonyl (C=O) groups is 2. The van der Waals surface area contributed by atoms with Crippen molar-refractivity contribution in [3.63, 3.8) is 0 Å². The molecule has 1 saturated carbocycles. The molecule has 0 amide bonds. The van der Waals surface area contributed by atoms with Gasteiger partial charge in [-0.2, -0.15) is 0 Å². The van der Waals surface area contributed by atoms with Crippen molar-refractivity contribution >= 4 is 11.8 Å². The summed E-state index contributed by atoms with van der Waals surface area (Å²) >= 11 is 0. The van der Waals surface area contributed by atoms with E-state index in [9.17, 15) is 14.7 Å². The molecular formula is C21H34O5. The van der Waals surface area contributed by atoms with Crippen LogP contribution in [-0.4, -0.2) is 41.3 Å². The summed E-state index contributed by atoms with van der Waals surface area (Å²) in [5.74, 6) is -0.330. The fraction of sp³-hybridized carbons (Fsp3) is 0.714. The van der Waals surface area contributed by atoms with Crippen LogP contribution in [0.5, 0.6) is 0 Å². The highest BCUT2D eigenvalue weighted by molar-refractivity contribution is 5.83. The molecule has 5 nitrogen and oxygen atoms in total. The van der Waals surface area contributed by atoms with Gasteiger partial charge in [-0.1, -0.05) is 38.2 Å². The summed E-state index contributed by atoms with van der Waals surface area (Å²) in [7, 11) is 0. The van der Waals surface area contributed by atoms with Crippen molar-refractivity contribution in [3.05, 3.63) is 24.3 Å². The summed E-state index contributed by atoms with van der Waals surface area (Å²) in [5, 5.41) is 19.0. The van der Waals surface area contributed by atoms with Gasteiger partial charge in [0.2, 0.25) is 0 Å². The third-order valence-electron chi connectivity index (χ3n) is 5.01. The number of carbonyl (C=O) groups excluding carboxylic acids is 1. The molecule has 1 aliphatic rings. The van der Waals surface area contributed by atoms with E-state index in [0.29, 0.717) is 31.8 Å². The maximum atomic E-state index is 12.2. The minimum absolute atomic E-state index is 0.00224. The molecule has 3 atom stereocenters. The average Bonchev–Trinajstić information content (AvgIpc) is 2.93. The van der Waals surface area contributed by atoms with Crippen LogP contribution in [0.1, 0.15) is 59.3 Å². The first-order chi connectivity index (χ1) is 12.3. The fourth-order valence-electron chi connectivity index (χ4n) is 3.22. The Kier molecular flexibility index (Phi) is 9.81. The van der Waals surface area contributed by atoms with Crippen LogP contribution in [0.25, 0.3) is 0 Å². The van der Waals surface area contributed by atoms with Crippen molar-refractivity contribution in [3.8, 4) is 0 Å². The molecule has 5 heteroatoms. The minimum Gasteiger partial charge on any atom is -0.481 e. The molecule has 1 rings (SSSR count). The number of aliphatic carboxylic acids is 1. The van der Waals surface area contributed by atoms with Gasteiger partial charge in [0.05, 0.1) is 12.7 Å². The SMILES string of the molecule is CCOCC(C)(C)C(O)C=CC1CCC(=O)C1CCC=CCCC(=O)O. The lowest BCUT2D eigenvalue weighted by atomic mass is 9.85. The van der Waals surface area contributed by atoms with E-state index < -0.39 is 12.1 Å². The van der Waals surface area contributed by atoms with Gasteiger partial charge in [-0.15, -0.1) is 0 Å². The topological polar surface area (TPSA) is 83.8 Å². The van der Waals surface area contributed by atoms with Crippen LogP contribution in [0.2, 0.25) is 0 Å². The molecule has 0 heterocycles. The highest BCUT2D eigenvalue weighted by atomic mass is 16.5. The Labute approximate surface area is 157 Å². The number of allylic oxidation sites excluding steroid dienone is 3. The van der Waals surface area contributed by atoms with E-state index in [-0.39, 0.29) is 23.7 Å². The normalized spacial score (nSPS) is 22.5. The first-order valence-corrected chi connectivity index (χ1v) is 9.61. The number of aliphatic hydroxyl groups is 1. The molecule has 0 aromatic carbocycles. The summed E-state index contributed by atoms with van der Waals surface area (Å²) in [6.07, 6.45) is 10.7. The number of carboxylic acids is 1. The second kappa shape index (κ2) is 11.3. The quantitative estimate of drug-likeness (QED) is 0.514. The van der Waals surface area contributed by atoms with Gasteiger partial charge in [-0.25, -0.2) is 0 Å². The van der Waals surface area contributed by atoms with Crippen molar-refractivity contribution in [2.75, 3.05) is 13.2 Å². The van der Waals surface area contributed by atoms with Crippen molar-refractivity contribution < 1.29 is 24.5 Å². The Morgan fingerprint density at radius 2 is 2.04 bits per heavy atom. The Bertz CT molecular complexity index is 507. The average molecular weight is 366 g/mol. The second-order valence-electron chi connectivity index (χ2n) is 7.71. The third kappa shape index (κ3) is 7.83. The molecule has 1 fully saturated rings. The summed E-state index contributed by atoms with van der Waals surface area (Å²) in [4.78, 5) is 22.6. The predicted molar refractivity (Wildman–Crippen MR) is 102 cm³/mol. The van der Waals surface area contributed by atoms with Crippen LogP contribution in [0.4, 0.5) is 0 Å². The number of aliphatic hydroxyl groups excluding tert-OH is 1. The first kappa shape index (κ1) is 22.6. The third-order valence-corrected chi connectivity index (χ3v) is 5.01. The molecular weight excluding hydrogens is 332 g/mol. The van der Waals surface area contributed by atoms with E-state index in [0.717, 1.165) is 19.3 Å². The van der Waals surface area contributed by atoms with Crippen LogP contribution in [-0.2, 0) is 14.3 Å². The fourth-order valence-corrected chi connectivity index (χ4v) is 3.22. The number of Topliss-reactive ketones (excluding diaryl/α,β-unsaturated/α-hetero) is 1. The van der Waals surface area contributed by atoms with E-state index in [1.165, 1.54) is 0 Å². The molecule has 0 spiro atoms. The van der Waals surface area contributed by atoms with E-state index >= 15 is 0 Å². The molecule has 0 radical (unpaired) electrons. The van der Waals surface area contributed by atoms with Crippen LogP contribution in [0, 0.1) is 17.3 Å². The van der Waals surface area contributed by atoms with Crippen molar-refractivity contribution in [1.29, 1.82) is 0 Å². The number of ketones is 1. The van der Waals surface area contributed by atoms with Gasteiger partial charge in [0.15, 0.2) is 0 Å². The maximum absolute atomic E-state index is 12.2. The number of rotatable bonds is 12. The van der Waals surface area contributed by atoms with Crippen molar-refractivity contribution in [2.45, 2.75) is 65.4 Å². The molecule has 1 aliphatic carbocycles. The van der Waals surface area contributed by atoms with E-state index in [2.05, 4.69) is 0 Å². The standard InChI is InChI=1S/C21H34O5/c1-4-26-15-21(2,3)19(23)14-12-16-11-13-18(22)17(16)9-7-5-6-8-10-20(24)25/h5-6,12,14,16-17,19,23H,4,7-11,13,15H2,1-3H3,(H,24,25). The molecule has 2 N–H and O–H groups in total. The maximum Gasteiger partial charge on any atom is 0.303 e. The lowest BCUT2D eigenvalue weighted by molar-refractivity contribution is -0.136. The Balaban J connectivity index is 2.51. The number of carboxylic acid groups (broad SMARTS) is 1. The second-order valence-corrected chi connectivity index (χ2v) is 7.71. The summed E-state index contributed by atoms with van der Waals surface area (Å²) < 4.78 is 5.44. The zero-order valence-electron chi connectivity index (χ0n) is 16.3. The smallest absolute Gasteiger partial charge is 0.303 e. The van der Waals surface area contributed by atoms with Crippen LogP contribution in [0.15, 0.2) is 24.3 Å². The monoisotopic (exact) mass is 366 g/mol. The van der Waals surface area contributed by atoms with E-state index in [1.807, 2.05) is 45.1 Å². The van der Waals surface area contributed by atoms with Crippen molar-refractivity contribution in [1.82, 2.24) is 0 Å². The number of hydrogen-bond acceptors (Lipinski definition) is 4. The summed E-state index contributed by atoms with van der Waals surface area (Å²) in [6, 6.07) is 0. The van der Waals surface area contributed by atoms with Gasteiger partial charge in [0, 0.05) is 30.8 Å². The largest absolute Gasteiger partial charge is 0.481 e. The van der Waals surface area contributed by atoms with Gasteiger partial charge < -0.3 is 14.9 Å². The van der Waals surface area contributed by atoms with E-state index in [1.54, 1.807) is 0 Å².